The normalized spacial score (nSPS) is 16.1. The fourth-order valence-corrected chi connectivity index (χ4v) is 3.82. The van der Waals surface area contributed by atoms with E-state index in [9.17, 15) is 9.18 Å². The molecule has 1 aliphatic rings. The number of likely N-dealkylation sites (tertiary alicyclic amines) is 1. The zero-order valence-electron chi connectivity index (χ0n) is 18.0. The van der Waals surface area contributed by atoms with Gasteiger partial charge in [0.05, 0.1) is 13.2 Å². The molecule has 1 atom stereocenters. The van der Waals surface area contributed by atoms with E-state index in [-0.39, 0.29) is 24.4 Å². The molecule has 3 aromatic rings. The van der Waals surface area contributed by atoms with Gasteiger partial charge in [-0.2, -0.15) is 4.98 Å². The van der Waals surface area contributed by atoms with Gasteiger partial charge in [-0.25, -0.2) is 4.39 Å². The standard InChI is InChI=1S/C24H26FN3O4/c1-30-19-10-5-17(6-11-19)7-14-23(29)28-15-3-2-4-21(28)24-26-22(32-27-24)16-31-20-12-8-18(25)9-13-20/h5-6,8-13,21H,2-4,7,14-16H2,1H3. The van der Waals surface area contributed by atoms with Crippen molar-refractivity contribution in [1.29, 1.82) is 0 Å². The summed E-state index contributed by atoms with van der Waals surface area (Å²) in [6.45, 7) is 0.763. The Balaban J connectivity index is 1.36. The molecule has 1 amide bonds. The van der Waals surface area contributed by atoms with Gasteiger partial charge in [-0.15, -0.1) is 0 Å². The van der Waals surface area contributed by atoms with E-state index in [4.69, 9.17) is 14.0 Å². The molecule has 0 spiro atoms. The van der Waals surface area contributed by atoms with Crippen molar-refractivity contribution in [3.63, 3.8) is 0 Å². The molecule has 2 aromatic carbocycles. The van der Waals surface area contributed by atoms with E-state index < -0.39 is 0 Å². The fraction of sp³-hybridized carbons (Fsp3) is 0.375. The number of aromatic nitrogens is 2. The molecule has 1 saturated heterocycles. The van der Waals surface area contributed by atoms with Crippen LogP contribution in [0.2, 0.25) is 0 Å². The number of methoxy groups -OCH3 is 1. The van der Waals surface area contributed by atoms with Gasteiger partial charge in [-0.1, -0.05) is 17.3 Å². The molecule has 1 aliphatic heterocycles. The van der Waals surface area contributed by atoms with Crippen LogP contribution in [0.5, 0.6) is 11.5 Å². The Bertz CT molecular complexity index is 1020. The first-order chi connectivity index (χ1) is 15.6. The number of ether oxygens (including phenoxy) is 2. The van der Waals surface area contributed by atoms with Gasteiger partial charge in [0.1, 0.15) is 17.3 Å². The third kappa shape index (κ3) is 5.43. The predicted octanol–water partition coefficient (Wildman–Crippen LogP) is 4.48. The molecule has 0 radical (unpaired) electrons. The molecule has 4 rings (SSSR count). The molecule has 0 saturated carbocycles. The van der Waals surface area contributed by atoms with E-state index in [0.717, 1.165) is 30.6 Å². The largest absolute Gasteiger partial charge is 0.497 e. The van der Waals surface area contributed by atoms with Gasteiger partial charge in [0.15, 0.2) is 12.4 Å². The van der Waals surface area contributed by atoms with Crippen molar-refractivity contribution >= 4 is 5.91 Å². The van der Waals surface area contributed by atoms with Crippen molar-refractivity contribution in [1.82, 2.24) is 15.0 Å². The summed E-state index contributed by atoms with van der Waals surface area (Å²) in [6.07, 6.45) is 3.84. The molecule has 7 nitrogen and oxygen atoms in total. The topological polar surface area (TPSA) is 77.7 Å². The van der Waals surface area contributed by atoms with Gasteiger partial charge < -0.3 is 18.9 Å². The Hall–Kier alpha value is -3.42. The summed E-state index contributed by atoms with van der Waals surface area (Å²) >= 11 is 0. The zero-order chi connectivity index (χ0) is 22.3. The highest BCUT2D eigenvalue weighted by Crippen LogP contribution is 2.30. The molecule has 0 aliphatic carbocycles. The zero-order valence-corrected chi connectivity index (χ0v) is 18.0. The molecule has 1 fully saturated rings. The number of benzene rings is 2. The highest BCUT2D eigenvalue weighted by atomic mass is 19.1. The lowest BCUT2D eigenvalue weighted by atomic mass is 10.00. The summed E-state index contributed by atoms with van der Waals surface area (Å²) in [7, 11) is 1.63. The number of aryl methyl sites for hydroxylation is 1. The van der Waals surface area contributed by atoms with Crippen LogP contribution in [0.25, 0.3) is 0 Å². The van der Waals surface area contributed by atoms with Gasteiger partial charge in [0, 0.05) is 13.0 Å². The number of halogens is 1. The molecule has 168 valence electrons. The molecule has 0 N–H and O–H groups in total. The van der Waals surface area contributed by atoms with Crippen molar-refractivity contribution in [3.8, 4) is 11.5 Å². The highest BCUT2D eigenvalue weighted by molar-refractivity contribution is 5.77. The summed E-state index contributed by atoms with van der Waals surface area (Å²) < 4.78 is 29.1. The summed E-state index contributed by atoms with van der Waals surface area (Å²) in [5, 5.41) is 4.10. The number of hydrogen-bond donors (Lipinski definition) is 0. The molecule has 1 aromatic heterocycles. The van der Waals surface area contributed by atoms with Gasteiger partial charge in [-0.05, 0) is 67.6 Å². The highest BCUT2D eigenvalue weighted by Gasteiger charge is 2.31. The number of nitrogens with zero attached hydrogens (tertiary/aromatic N) is 3. The summed E-state index contributed by atoms with van der Waals surface area (Å²) in [5.41, 5.74) is 1.09. The SMILES string of the molecule is COc1ccc(CCC(=O)N2CCCCC2c2noc(COc3ccc(F)cc3)n2)cc1. The van der Waals surface area contributed by atoms with Crippen LogP contribution in [0.15, 0.2) is 53.1 Å². The van der Waals surface area contributed by atoms with Crippen LogP contribution in [-0.4, -0.2) is 34.6 Å². The van der Waals surface area contributed by atoms with E-state index >= 15 is 0 Å². The summed E-state index contributed by atoms with van der Waals surface area (Å²) in [6, 6.07) is 13.3. The minimum atomic E-state index is -0.327. The average molecular weight is 439 g/mol. The van der Waals surface area contributed by atoms with Gasteiger partial charge >= 0.3 is 0 Å². The molecule has 2 heterocycles. The lowest BCUT2D eigenvalue weighted by Gasteiger charge is -2.34. The van der Waals surface area contributed by atoms with Crippen LogP contribution in [-0.2, 0) is 17.8 Å². The second-order valence-electron chi connectivity index (χ2n) is 7.74. The number of hydrogen-bond acceptors (Lipinski definition) is 6. The van der Waals surface area contributed by atoms with E-state index in [1.165, 1.54) is 24.3 Å². The minimum Gasteiger partial charge on any atom is -0.497 e. The molecular formula is C24H26FN3O4. The number of piperidine rings is 1. The first-order valence-electron chi connectivity index (χ1n) is 10.8. The maximum atomic E-state index is 13.0. The number of rotatable bonds is 8. The van der Waals surface area contributed by atoms with Crippen LogP contribution in [0, 0.1) is 5.82 Å². The molecule has 32 heavy (non-hydrogen) atoms. The number of carbonyl (C=O) groups excluding carboxylic acids is 1. The molecular weight excluding hydrogens is 413 g/mol. The van der Waals surface area contributed by atoms with Crippen molar-refractivity contribution in [2.45, 2.75) is 44.8 Å². The van der Waals surface area contributed by atoms with Gasteiger partial charge in [0.25, 0.3) is 5.89 Å². The van der Waals surface area contributed by atoms with Crippen LogP contribution >= 0.6 is 0 Å². The van der Waals surface area contributed by atoms with Crippen LogP contribution in [0.4, 0.5) is 4.39 Å². The smallest absolute Gasteiger partial charge is 0.264 e. The monoisotopic (exact) mass is 439 g/mol. The predicted molar refractivity (Wildman–Crippen MR) is 115 cm³/mol. The van der Waals surface area contributed by atoms with Crippen molar-refractivity contribution in [2.75, 3.05) is 13.7 Å². The van der Waals surface area contributed by atoms with Crippen LogP contribution in [0.3, 0.4) is 0 Å². The first-order valence-corrected chi connectivity index (χ1v) is 10.8. The Labute approximate surface area is 186 Å². The Morgan fingerprint density at radius 3 is 2.62 bits per heavy atom. The van der Waals surface area contributed by atoms with Crippen molar-refractivity contribution in [2.24, 2.45) is 0 Å². The van der Waals surface area contributed by atoms with E-state index in [1.54, 1.807) is 7.11 Å². The molecule has 0 bridgehead atoms. The summed E-state index contributed by atoms with van der Waals surface area (Å²) in [5.74, 6) is 1.89. The van der Waals surface area contributed by atoms with E-state index in [0.29, 0.717) is 36.9 Å². The number of carbonyl (C=O) groups is 1. The van der Waals surface area contributed by atoms with Crippen molar-refractivity contribution < 1.29 is 23.2 Å². The Morgan fingerprint density at radius 1 is 1.12 bits per heavy atom. The first kappa shape index (κ1) is 21.8. The van der Waals surface area contributed by atoms with Gasteiger partial charge in [-0.3, -0.25) is 4.79 Å². The van der Waals surface area contributed by atoms with Crippen LogP contribution in [0.1, 0.15) is 49.0 Å². The maximum absolute atomic E-state index is 13.0. The lowest BCUT2D eigenvalue weighted by molar-refractivity contribution is -0.135. The van der Waals surface area contributed by atoms with E-state index in [2.05, 4.69) is 10.1 Å². The molecule has 8 heteroatoms. The van der Waals surface area contributed by atoms with Crippen LogP contribution < -0.4 is 9.47 Å². The average Bonchev–Trinajstić information content (AvgIpc) is 3.31. The second-order valence-corrected chi connectivity index (χ2v) is 7.74. The van der Waals surface area contributed by atoms with Crippen molar-refractivity contribution in [3.05, 3.63) is 71.6 Å². The quantitative estimate of drug-likeness (QED) is 0.515. The second kappa shape index (κ2) is 10.3. The fourth-order valence-electron chi connectivity index (χ4n) is 3.82. The Kier molecular flexibility index (Phi) is 6.99. The Morgan fingerprint density at radius 2 is 1.88 bits per heavy atom. The molecule has 1 unspecified atom stereocenters. The van der Waals surface area contributed by atoms with Gasteiger partial charge in [0.2, 0.25) is 5.91 Å². The third-order valence-electron chi connectivity index (χ3n) is 5.57. The van der Waals surface area contributed by atoms with E-state index in [1.807, 2.05) is 29.2 Å². The lowest BCUT2D eigenvalue weighted by Crippen LogP contribution is -2.39. The maximum Gasteiger partial charge on any atom is 0.264 e. The number of amides is 1. The third-order valence-corrected chi connectivity index (χ3v) is 5.57. The minimum absolute atomic E-state index is 0.0801. The summed E-state index contributed by atoms with van der Waals surface area (Å²) in [4.78, 5) is 19.3.